The Labute approximate surface area is 137 Å². The van der Waals surface area contributed by atoms with Crippen LogP contribution >= 0.6 is 0 Å². The predicted molar refractivity (Wildman–Crippen MR) is 92.3 cm³/mol. The second kappa shape index (κ2) is 6.33. The Morgan fingerprint density at radius 3 is 2.67 bits per heavy atom. The molecule has 7 heteroatoms. The molecule has 2 aromatic carbocycles. The highest BCUT2D eigenvalue weighted by Gasteiger charge is 2.17. The lowest BCUT2D eigenvalue weighted by Gasteiger charge is -2.09. The summed E-state index contributed by atoms with van der Waals surface area (Å²) in [5, 5.41) is 17.5. The van der Waals surface area contributed by atoms with Gasteiger partial charge in [-0.1, -0.05) is 18.2 Å². The van der Waals surface area contributed by atoms with Crippen molar-refractivity contribution in [1.29, 1.82) is 0 Å². The lowest BCUT2D eigenvalue weighted by molar-refractivity contribution is -0.384. The van der Waals surface area contributed by atoms with E-state index < -0.39 is 10.8 Å². The van der Waals surface area contributed by atoms with E-state index in [4.69, 9.17) is 0 Å². The van der Waals surface area contributed by atoms with Crippen molar-refractivity contribution in [2.45, 2.75) is 0 Å². The Morgan fingerprint density at radius 1 is 1.12 bits per heavy atom. The number of benzene rings is 2. The fraction of sp³-hybridized carbons (Fsp3) is 0.0588. The van der Waals surface area contributed by atoms with E-state index in [-0.39, 0.29) is 11.3 Å². The summed E-state index contributed by atoms with van der Waals surface area (Å²) in [6.45, 7) is 0. The van der Waals surface area contributed by atoms with E-state index in [1.165, 1.54) is 18.2 Å². The van der Waals surface area contributed by atoms with Crippen LogP contribution < -0.4 is 10.6 Å². The number of nitro benzene ring substituents is 1. The lowest BCUT2D eigenvalue weighted by atomic mass is 10.1. The van der Waals surface area contributed by atoms with E-state index in [1.807, 2.05) is 24.3 Å². The molecule has 120 valence electrons. The summed E-state index contributed by atoms with van der Waals surface area (Å²) < 4.78 is 0. The summed E-state index contributed by atoms with van der Waals surface area (Å²) in [5.41, 5.74) is 1.62. The molecule has 0 aliphatic carbocycles. The number of pyridine rings is 1. The number of nitro groups is 1. The number of anilines is 2. The van der Waals surface area contributed by atoms with Gasteiger partial charge in [-0.15, -0.1) is 0 Å². The van der Waals surface area contributed by atoms with Crippen molar-refractivity contribution < 1.29 is 9.72 Å². The smallest absolute Gasteiger partial charge is 0.293 e. The van der Waals surface area contributed by atoms with E-state index in [9.17, 15) is 14.9 Å². The maximum absolute atomic E-state index is 12.5. The highest BCUT2D eigenvalue weighted by Crippen LogP contribution is 2.26. The number of amides is 1. The number of nitrogens with one attached hydrogen (secondary N) is 2. The highest BCUT2D eigenvalue weighted by atomic mass is 16.6. The minimum Gasteiger partial charge on any atom is -0.383 e. The number of fused-ring (bicyclic) bond motifs is 1. The largest absolute Gasteiger partial charge is 0.383 e. The number of carbonyl (C=O) groups is 1. The molecule has 3 aromatic rings. The topological polar surface area (TPSA) is 97.2 Å². The fourth-order valence-corrected chi connectivity index (χ4v) is 2.43. The molecule has 0 spiro atoms. The molecule has 1 heterocycles. The van der Waals surface area contributed by atoms with Crippen LogP contribution in [0.2, 0.25) is 0 Å². The summed E-state index contributed by atoms with van der Waals surface area (Å²) in [7, 11) is 1.59. The number of carbonyl (C=O) groups excluding carboxylic acids is 1. The van der Waals surface area contributed by atoms with Crippen LogP contribution in [0.25, 0.3) is 10.9 Å². The van der Waals surface area contributed by atoms with Gasteiger partial charge in [-0.05, 0) is 24.3 Å². The van der Waals surface area contributed by atoms with Gasteiger partial charge in [0, 0.05) is 30.3 Å². The van der Waals surface area contributed by atoms with Gasteiger partial charge in [-0.2, -0.15) is 0 Å². The van der Waals surface area contributed by atoms with E-state index in [2.05, 4.69) is 15.6 Å². The highest BCUT2D eigenvalue weighted by molar-refractivity contribution is 6.08. The number of aromatic nitrogens is 1. The molecule has 0 saturated heterocycles. The average Bonchev–Trinajstić information content (AvgIpc) is 2.61. The Bertz CT molecular complexity index is 935. The summed E-state index contributed by atoms with van der Waals surface area (Å²) in [5.74, 6) is -0.432. The summed E-state index contributed by atoms with van der Waals surface area (Å²) in [4.78, 5) is 27.3. The monoisotopic (exact) mass is 322 g/mol. The molecule has 0 bridgehead atoms. The third-order valence-corrected chi connectivity index (χ3v) is 3.61. The van der Waals surface area contributed by atoms with Gasteiger partial charge in [0.05, 0.1) is 16.1 Å². The number of rotatable bonds is 4. The van der Waals surface area contributed by atoms with Gasteiger partial charge in [-0.25, -0.2) is 0 Å². The maximum atomic E-state index is 12.5. The molecule has 0 radical (unpaired) electrons. The van der Waals surface area contributed by atoms with Crippen LogP contribution in [0.5, 0.6) is 0 Å². The second-order valence-corrected chi connectivity index (χ2v) is 5.07. The minimum absolute atomic E-state index is 0.152. The number of nitrogens with zero attached hydrogens (tertiary/aromatic N) is 2. The van der Waals surface area contributed by atoms with Crippen LogP contribution in [0.15, 0.2) is 54.7 Å². The molecular formula is C17H14N4O3. The average molecular weight is 322 g/mol. The third-order valence-electron chi connectivity index (χ3n) is 3.61. The lowest BCUT2D eigenvalue weighted by Crippen LogP contribution is -2.13. The second-order valence-electron chi connectivity index (χ2n) is 5.07. The molecule has 0 fully saturated rings. The predicted octanol–water partition coefficient (Wildman–Crippen LogP) is 3.44. The van der Waals surface area contributed by atoms with Gasteiger partial charge in [0.25, 0.3) is 11.6 Å². The molecule has 0 atom stereocenters. The van der Waals surface area contributed by atoms with Crippen molar-refractivity contribution in [3.8, 4) is 0 Å². The Kier molecular flexibility index (Phi) is 4.07. The number of hydrogen-bond donors (Lipinski definition) is 2. The Morgan fingerprint density at radius 2 is 1.92 bits per heavy atom. The fourth-order valence-electron chi connectivity index (χ4n) is 2.43. The standard InChI is InChI=1S/C17H14N4O3/c1-18-13-8-7-12(10-15(13)21(23)24)17(22)20-14-6-2-4-11-5-3-9-19-16(11)14/h2-10,18H,1H3,(H,20,22). The van der Waals surface area contributed by atoms with Gasteiger partial charge < -0.3 is 10.6 Å². The van der Waals surface area contributed by atoms with Crippen molar-refractivity contribution in [3.63, 3.8) is 0 Å². The molecule has 0 unspecified atom stereocenters. The first-order valence-corrected chi connectivity index (χ1v) is 7.21. The minimum atomic E-state index is -0.526. The summed E-state index contributed by atoms with van der Waals surface area (Å²) >= 11 is 0. The van der Waals surface area contributed by atoms with Crippen LogP contribution in [0.3, 0.4) is 0 Å². The molecule has 0 saturated carbocycles. The van der Waals surface area contributed by atoms with Crippen molar-refractivity contribution in [2.24, 2.45) is 0 Å². The van der Waals surface area contributed by atoms with Crippen LogP contribution in [0, 0.1) is 10.1 Å². The molecule has 0 aliphatic heterocycles. The van der Waals surface area contributed by atoms with Gasteiger partial charge >= 0.3 is 0 Å². The van der Waals surface area contributed by atoms with E-state index >= 15 is 0 Å². The third kappa shape index (κ3) is 2.87. The Hall–Kier alpha value is -3.48. The molecular weight excluding hydrogens is 308 g/mol. The van der Waals surface area contributed by atoms with Gasteiger partial charge in [0.2, 0.25) is 0 Å². The maximum Gasteiger partial charge on any atom is 0.293 e. The first-order chi connectivity index (χ1) is 11.6. The van der Waals surface area contributed by atoms with E-state index in [1.54, 1.807) is 19.3 Å². The zero-order valence-electron chi connectivity index (χ0n) is 12.8. The summed E-state index contributed by atoms with van der Waals surface area (Å²) in [6, 6.07) is 13.4. The molecule has 1 aromatic heterocycles. The van der Waals surface area contributed by atoms with Gasteiger partial charge in [0.15, 0.2) is 0 Å². The number of para-hydroxylation sites is 1. The quantitative estimate of drug-likeness (QED) is 0.566. The molecule has 7 nitrogen and oxygen atoms in total. The first-order valence-electron chi connectivity index (χ1n) is 7.21. The van der Waals surface area contributed by atoms with E-state index in [0.717, 1.165) is 5.39 Å². The van der Waals surface area contributed by atoms with E-state index in [0.29, 0.717) is 16.9 Å². The number of hydrogen-bond acceptors (Lipinski definition) is 5. The van der Waals surface area contributed by atoms with Crippen molar-refractivity contribution in [2.75, 3.05) is 17.7 Å². The molecule has 2 N–H and O–H groups in total. The summed E-state index contributed by atoms with van der Waals surface area (Å²) in [6.07, 6.45) is 1.64. The SMILES string of the molecule is CNc1ccc(C(=O)Nc2cccc3cccnc23)cc1[N+](=O)[O-]. The molecule has 0 aliphatic rings. The van der Waals surface area contributed by atoms with Crippen LogP contribution in [-0.2, 0) is 0 Å². The van der Waals surface area contributed by atoms with Crippen LogP contribution in [-0.4, -0.2) is 22.9 Å². The van der Waals surface area contributed by atoms with Gasteiger partial charge in [0.1, 0.15) is 5.69 Å². The van der Waals surface area contributed by atoms with Crippen molar-refractivity contribution in [3.05, 3.63) is 70.4 Å². The van der Waals surface area contributed by atoms with Crippen molar-refractivity contribution in [1.82, 2.24) is 4.98 Å². The Balaban J connectivity index is 1.95. The zero-order chi connectivity index (χ0) is 17.1. The van der Waals surface area contributed by atoms with Gasteiger partial charge in [-0.3, -0.25) is 19.9 Å². The first kappa shape index (κ1) is 15.4. The molecule has 3 rings (SSSR count). The molecule has 24 heavy (non-hydrogen) atoms. The van der Waals surface area contributed by atoms with Crippen LogP contribution in [0.4, 0.5) is 17.1 Å². The zero-order valence-corrected chi connectivity index (χ0v) is 12.8. The molecule has 1 amide bonds. The van der Waals surface area contributed by atoms with Crippen LogP contribution in [0.1, 0.15) is 10.4 Å². The van der Waals surface area contributed by atoms with Crippen molar-refractivity contribution >= 4 is 33.9 Å². The normalized spacial score (nSPS) is 10.4.